The van der Waals surface area contributed by atoms with Crippen molar-refractivity contribution < 1.29 is 34.0 Å². The number of hydrogen-bond acceptors (Lipinski definition) is 7. The fraction of sp³-hybridized carbons (Fsp3) is 0.333. The smallest absolute Gasteiger partial charge is 0.355 e. The van der Waals surface area contributed by atoms with Gasteiger partial charge in [0, 0.05) is 11.1 Å². The Morgan fingerprint density at radius 3 is 2.69 bits per heavy atom. The summed E-state index contributed by atoms with van der Waals surface area (Å²) in [5.41, 5.74) is 1.75. The van der Waals surface area contributed by atoms with E-state index in [4.69, 9.17) is 14.2 Å². The van der Waals surface area contributed by atoms with E-state index in [0.29, 0.717) is 16.7 Å². The molecule has 3 N–H and O–H groups in total. The van der Waals surface area contributed by atoms with Gasteiger partial charge >= 0.3 is 11.9 Å². The van der Waals surface area contributed by atoms with Crippen LogP contribution in [0.25, 0.3) is 11.1 Å². The summed E-state index contributed by atoms with van der Waals surface area (Å²) in [5.74, 6) is -1.34. The Balaban J connectivity index is 1.95. The number of benzene rings is 1. The third-order valence-electron chi connectivity index (χ3n) is 4.74. The number of esters is 2. The quantitative estimate of drug-likeness (QED) is 0.694. The molecule has 4 rings (SSSR count). The number of H-pyrrole nitrogens is 1. The van der Waals surface area contributed by atoms with Crippen molar-refractivity contribution in [2.24, 2.45) is 0 Å². The third-order valence-corrected chi connectivity index (χ3v) is 4.74. The molecular weight excluding hydrogens is 342 g/mol. The zero-order chi connectivity index (χ0) is 18.4. The summed E-state index contributed by atoms with van der Waals surface area (Å²) in [5, 5.41) is 19.7. The van der Waals surface area contributed by atoms with Gasteiger partial charge in [0.05, 0.1) is 13.7 Å². The zero-order valence-electron chi connectivity index (χ0n) is 13.8. The first kappa shape index (κ1) is 16.8. The number of nitrogens with one attached hydrogen (secondary N) is 1. The van der Waals surface area contributed by atoms with Crippen molar-refractivity contribution in [2.75, 3.05) is 13.7 Å². The van der Waals surface area contributed by atoms with E-state index in [-0.39, 0.29) is 11.4 Å². The van der Waals surface area contributed by atoms with Crippen LogP contribution in [0.2, 0.25) is 0 Å². The Morgan fingerprint density at radius 1 is 1.31 bits per heavy atom. The Labute approximate surface area is 148 Å². The van der Waals surface area contributed by atoms with Crippen LogP contribution in [-0.4, -0.2) is 59.2 Å². The second-order valence-corrected chi connectivity index (χ2v) is 6.16. The molecule has 4 atom stereocenters. The molecule has 1 saturated heterocycles. The van der Waals surface area contributed by atoms with E-state index < -0.39 is 43.0 Å². The minimum atomic E-state index is -1.16. The van der Waals surface area contributed by atoms with E-state index in [0.717, 1.165) is 0 Å². The first-order valence-electron chi connectivity index (χ1n) is 8.11. The summed E-state index contributed by atoms with van der Waals surface area (Å²) >= 11 is 0. The van der Waals surface area contributed by atoms with Crippen LogP contribution >= 0.6 is 0 Å². The van der Waals surface area contributed by atoms with Gasteiger partial charge in [0.15, 0.2) is 6.10 Å². The number of rotatable bonds is 3. The standard InChI is InChI=1S/C18H17NO7/c1-24-17(22)12-10(8-5-3-2-4-6-8)11-13(19-12)18(23)26-16-14(21)9(7-20)25-15(11)16/h2-6,9,14-16,19-21H,7H2,1H3/t9-,14-,15-,16-/m1/s1. The van der Waals surface area contributed by atoms with E-state index in [2.05, 4.69) is 4.98 Å². The van der Waals surface area contributed by atoms with Crippen molar-refractivity contribution in [1.82, 2.24) is 4.98 Å². The van der Waals surface area contributed by atoms with Crippen molar-refractivity contribution in [3.05, 3.63) is 47.3 Å². The monoisotopic (exact) mass is 359 g/mol. The van der Waals surface area contributed by atoms with Crippen molar-refractivity contribution in [3.8, 4) is 11.1 Å². The highest BCUT2D eigenvalue weighted by Gasteiger charge is 2.52. The lowest BCUT2D eigenvalue weighted by molar-refractivity contribution is -0.0309. The highest BCUT2D eigenvalue weighted by molar-refractivity contribution is 6.03. The van der Waals surface area contributed by atoms with Crippen LogP contribution in [-0.2, 0) is 14.2 Å². The molecule has 1 aromatic carbocycles. The van der Waals surface area contributed by atoms with Crippen LogP contribution in [0.3, 0.4) is 0 Å². The summed E-state index contributed by atoms with van der Waals surface area (Å²) in [6.07, 6.45) is -3.82. The maximum Gasteiger partial charge on any atom is 0.355 e. The zero-order valence-corrected chi connectivity index (χ0v) is 13.8. The molecule has 0 unspecified atom stereocenters. The van der Waals surface area contributed by atoms with E-state index in [1.165, 1.54) is 7.11 Å². The van der Waals surface area contributed by atoms with Crippen molar-refractivity contribution in [2.45, 2.75) is 24.4 Å². The van der Waals surface area contributed by atoms with Gasteiger partial charge in [-0.05, 0) is 5.56 Å². The Morgan fingerprint density at radius 2 is 2.04 bits per heavy atom. The summed E-state index contributed by atoms with van der Waals surface area (Å²) in [7, 11) is 1.25. The first-order chi connectivity index (χ1) is 12.6. The molecule has 0 spiro atoms. The maximum absolute atomic E-state index is 12.4. The average molecular weight is 359 g/mol. The molecule has 8 heteroatoms. The predicted molar refractivity (Wildman–Crippen MR) is 87.5 cm³/mol. The fourth-order valence-corrected chi connectivity index (χ4v) is 3.55. The molecular formula is C18H17NO7. The normalized spacial score (nSPS) is 26.8. The molecule has 2 aliphatic heterocycles. The Hall–Kier alpha value is -2.68. The number of aromatic nitrogens is 1. The van der Waals surface area contributed by atoms with Gasteiger partial charge in [0.25, 0.3) is 0 Å². The largest absolute Gasteiger partial charge is 0.464 e. The molecule has 26 heavy (non-hydrogen) atoms. The SMILES string of the molecule is COC(=O)c1[nH]c2c(c1-c1ccccc1)[C@H]1O[C@H](CO)[C@@H](O)[C@H]1OC2=O. The van der Waals surface area contributed by atoms with Crippen molar-refractivity contribution in [3.63, 3.8) is 0 Å². The number of aromatic amines is 1. The topological polar surface area (TPSA) is 118 Å². The summed E-state index contributed by atoms with van der Waals surface area (Å²) in [6, 6.07) is 9.01. The lowest BCUT2D eigenvalue weighted by atomic mass is 9.91. The van der Waals surface area contributed by atoms with Crippen molar-refractivity contribution >= 4 is 11.9 Å². The Kier molecular flexibility index (Phi) is 4.03. The number of hydrogen-bond donors (Lipinski definition) is 3. The lowest BCUT2D eigenvalue weighted by Gasteiger charge is -2.26. The predicted octanol–water partition coefficient (Wildman–Crippen LogP) is 0.800. The second kappa shape index (κ2) is 6.24. The van der Waals surface area contributed by atoms with Gasteiger partial charge < -0.3 is 29.4 Å². The molecule has 0 saturated carbocycles. The Bertz CT molecular complexity index is 860. The van der Waals surface area contributed by atoms with Crippen LogP contribution in [0.1, 0.15) is 32.6 Å². The number of aliphatic hydroxyl groups is 2. The number of carbonyl (C=O) groups excluding carboxylic acids is 2. The van der Waals surface area contributed by atoms with Gasteiger partial charge in [0.1, 0.15) is 29.7 Å². The molecule has 1 aromatic heterocycles. The van der Waals surface area contributed by atoms with E-state index in [9.17, 15) is 19.8 Å². The number of ether oxygens (including phenoxy) is 3. The minimum absolute atomic E-state index is 0.0799. The van der Waals surface area contributed by atoms with Crippen LogP contribution < -0.4 is 0 Å². The molecule has 2 aliphatic rings. The van der Waals surface area contributed by atoms with Gasteiger partial charge in [-0.3, -0.25) is 0 Å². The van der Waals surface area contributed by atoms with Gasteiger partial charge in [-0.15, -0.1) is 0 Å². The van der Waals surface area contributed by atoms with Crippen LogP contribution in [0.4, 0.5) is 0 Å². The maximum atomic E-state index is 12.4. The van der Waals surface area contributed by atoms with Crippen LogP contribution in [0, 0.1) is 0 Å². The molecule has 0 aliphatic carbocycles. The molecule has 2 aromatic rings. The number of aliphatic hydroxyl groups excluding tert-OH is 2. The first-order valence-corrected chi connectivity index (χ1v) is 8.11. The van der Waals surface area contributed by atoms with Gasteiger partial charge in [-0.2, -0.15) is 0 Å². The van der Waals surface area contributed by atoms with Crippen LogP contribution in [0.5, 0.6) is 0 Å². The highest BCUT2D eigenvalue weighted by Crippen LogP contribution is 2.46. The van der Waals surface area contributed by atoms with E-state index in [1.807, 2.05) is 6.07 Å². The molecule has 1 fully saturated rings. The average Bonchev–Trinajstić information content (AvgIpc) is 3.21. The van der Waals surface area contributed by atoms with Crippen molar-refractivity contribution in [1.29, 1.82) is 0 Å². The third kappa shape index (κ3) is 2.34. The van der Waals surface area contributed by atoms with Gasteiger partial charge in [0.2, 0.25) is 0 Å². The molecule has 0 radical (unpaired) electrons. The summed E-state index contributed by atoms with van der Waals surface area (Å²) < 4.78 is 15.9. The summed E-state index contributed by atoms with van der Waals surface area (Å²) in [6.45, 7) is -0.421. The van der Waals surface area contributed by atoms with Crippen LogP contribution in [0.15, 0.2) is 30.3 Å². The highest BCUT2D eigenvalue weighted by atomic mass is 16.6. The molecule has 0 bridgehead atoms. The molecule has 3 heterocycles. The lowest BCUT2D eigenvalue weighted by Crippen LogP contribution is -2.38. The van der Waals surface area contributed by atoms with Gasteiger partial charge in [-0.1, -0.05) is 30.3 Å². The molecule has 8 nitrogen and oxygen atoms in total. The molecule has 136 valence electrons. The van der Waals surface area contributed by atoms with Gasteiger partial charge in [-0.25, -0.2) is 9.59 Å². The minimum Gasteiger partial charge on any atom is -0.464 e. The second-order valence-electron chi connectivity index (χ2n) is 6.16. The summed E-state index contributed by atoms with van der Waals surface area (Å²) in [4.78, 5) is 27.5. The molecule has 0 amide bonds. The number of carbonyl (C=O) groups is 2. The van der Waals surface area contributed by atoms with E-state index in [1.54, 1.807) is 24.3 Å². The fourth-order valence-electron chi connectivity index (χ4n) is 3.55. The number of methoxy groups -OCH3 is 1. The van der Waals surface area contributed by atoms with E-state index >= 15 is 0 Å². The number of fused-ring (bicyclic) bond motifs is 3.